The molecule has 1 atom stereocenters. The number of hydrogen-bond donors (Lipinski definition) is 2. The Kier molecular flexibility index (Phi) is 10.8. The van der Waals surface area contributed by atoms with Crippen molar-refractivity contribution in [2.75, 3.05) is 32.8 Å². The molecule has 0 bridgehead atoms. The Morgan fingerprint density at radius 3 is 2.86 bits per heavy atom. The van der Waals surface area contributed by atoms with Gasteiger partial charge in [0, 0.05) is 31.9 Å². The minimum absolute atomic E-state index is 0. The zero-order valence-corrected chi connectivity index (χ0v) is 19.4. The van der Waals surface area contributed by atoms with E-state index in [-0.39, 0.29) is 24.0 Å². The van der Waals surface area contributed by atoms with Crippen LogP contribution >= 0.6 is 24.0 Å². The van der Waals surface area contributed by atoms with Crippen LogP contribution in [0.2, 0.25) is 0 Å². The second-order valence-corrected chi connectivity index (χ2v) is 7.00. The van der Waals surface area contributed by atoms with Crippen molar-refractivity contribution in [1.82, 2.24) is 20.5 Å². The molecular formula is C22H32IN5O. The van der Waals surface area contributed by atoms with Crippen molar-refractivity contribution >= 4 is 29.9 Å². The number of hydrogen-bond acceptors (Lipinski definition) is 4. The summed E-state index contributed by atoms with van der Waals surface area (Å²) in [5, 5.41) is 6.95. The van der Waals surface area contributed by atoms with E-state index in [2.05, 4.69) is 62.8 Å². The fourth-order valence-electron chi connectivity index (χ4n) is 3.43. The molecule has 7 heteroatoms. The van der Waals surface area contributed by atoms with Crippen LogP contribution in [0.3, 0.4) is 0 Å². The first kappa shape index (κ1) is 23.4. The van der Waals surface area contributed by atoms with E-state index in [4.69, 9.17) is 4.74 Å². The Morgan fingerprint density at radius 2 is 2.10 bits per heavy atom. The lowest BCUT2D eigenvalue weighted by molar-refractivity contribution is 0.192. The zero-order valence-electron chi connectivity index (χ0n) is 17.1. The molecular weight excluding hydrogens is 477 g/mol. The Bertz CT molecular complexity index is 714. The van der Waals surface area contributed by atoms with Gasteiger partial charge in [-0.1, -0.05) is 30.3 Å². The number of likely N-dealkylation sites (tertiary alicyclic amines) is 1. The molecule has 1 aromatic carbocycles. The third-order valence-corrected chi connectivity index (χ3v) is 4.70. The Morgan fingerprint density at radius 1 is 1.24 bits per heavy atom. The highest BCUT2D eigenvalue weighted by atomic mass is 127. The normalized spacial score (nSPS) is 17.3. The first-order chi connectivity index (χ1) is 13.8. The number of ether oxygens (including phenoxy) is 1. The van der Waals surface area contributed by atoms with Crippen molar-refractivity contribution in [3.8, 4) is 5.75 Å². The molecule has 0 saturated carbocycles. The molecule has 2 N–H and O–H groups in total. The molecule has 0 amide bonds. The van der Waals surface area contributed by atoms with E-state index in [1.54, 1.807) is 12.4 Å². The number of halogens is 1. The van der Waals surface area contributed by atoms with Crippen molar-refractivity contribution in [1.29, 1.82) is 0 Å². The molecule has 158 valence electrons. The molecule has 1 aromatic heterocycles. The molecule has 1 aliphatic rings. The van der Waals surface area contributed by atoms with E-state index < -0.39 is 0 Å². The van der Waals surface area contributed by atoms with Crippen LogP contribution in [0.5, 0.6) is 5.75 Å². The van der Waals surface area contributed by atoms with Crippen LogP contribution in [-0.4, -0.2) is 54.7 Å². The SMILES string of the molecule is CCNC(=NCCOc1cccnc1)NC1CCCN(Cc2ccccc2)C1.I. The van der Waals surface area contributed by atoms with Crippen LogP contribution in [-0.2, 0) is 6.54 Å². The molecule has 0 radical (unpaired) electrons. The lowest BCUT2D eigenvalue weighted by Gasteiger charge is -2.34. The highest BCUT2D eigenvalue weighted by Gasteiger charge is 2.20. The molecule has 0 aliphatic carbocycles. The van der Waals surface area contributed by atoms with E-state index in [9.17, 15) is 0 Å². The number of benzene rings is 1. The number of guanidine groups is 1. The molecule has 3 rings (SSSR count). The average Bonchev–Trinajstić information content (AvgIpc) is 2.73. The molecule has 0 spiro atoms. The number of aromatic nitrogens is 1. The minimum atomic E-state index is 0. The lowest BCUT2D eigenvalue weighted by atomic mass is 10.0. The molecule has 2 aromatic rings. The van der Waals surface area contributed by atoms with Gasteiger partial charge in [-0.05, 0) is 44.0 Å². The number of nitrogens with zero attached hydrogens (tertiary/aromatic N) is 3. The van der Waals surface area contributed by atoms with E-state index in [0.29, 0.717) is 19.2 Å². The van der Waals surface area contributed by atoms with Gasteiger partial charge in [-0.25, -0.2) is 4.99 Å². The second kappa shape index (κ2) is 13.4. The van der Waals surface area contributed by atoms with Crippen LogP contribution in [0, 0.1) is 0 Å². The molecule has 2 heterocycles. The number of rotatable bonds is 8. The van der Waals surface area contributed by atoms with Gasteiger partial charge < -0.3 is 15.4 Å². The van der Waals surface area contributed by atoms with E-state index in [1.807, 2.05) is 12.1 Å². The molecule has 29 heavy (non-hydrogen) atoms. The Labute approximate surface area is 191 Å². The molecule has 6 nitrogen and oxygen atoms in total. The molecule has 1 aliphatic heterocycles. The van der Waals surface area contributed by atoms with Gasteiger partial charge in [0.1, 0.15) is 12.4 Å². The highest BCUT2D eigenvalue weighted by molar-refractivity contribution is 14.0. The van der Waals surface area contributed by atoms with Gasteiger partial charge in [0.2, 0.25) is 0 Å². The van der Waals surface area contributed by atoms with Gasteiger partial charge in [0.25, 0.3) is 0 Å². The van der Waals surface area contributed by atoms with E-state index >= 15 is 0 Å². The third kappa shape index (κ3) is 8.57. The standard InChI is InChI=1S/C22H31N5O.HI/c1-2-24-22(25-13-15-28-21-11-6-12-23-16-21)26-20-10-7-14-27(18-20)17-19-8-4-3-5-9-19;/h3-6,8-9,11-12,16,20H,2,7,10,13-15,17-18H2,1H3,(H2,24,25,26);1H. The summed E-state index contributed by atoms with van der Waals surface area (Å²) in [5.41, 5.74) is 1.37. The van der Waals surface area contributed by atoms with Gasteiger partial charge in [-0.2, -0.15) is 0 Å². The van der Waals surface area contributed by atoms with Gasteiger partial charge in [0.15, 0.2) is 5.96 Å². The van der Waals surface area contributed by atoms with Gasteiger partial charge >= 0.3 is 0 Å². The predicted molar refractivity (Wildman–Crippen MR) is 129 cm³/mol. The summed E-state index contributed by atoms with van der Waals surface area (Å²) in [4.78, 5) is 11.2. The van der Waals surface area contributed by atoms with E-state index in [1.165, 1.54) is 18.4 Å². The van der Waals surface area contributed by atoms with Crippen molar-refractivity contribution < 1.29 is 4.74 Å². The monoisotopic (exact) mass is 509 g/mol. The lowest BCUT2D eigenvalue weighted by Crippen LogP contribution is -2.51. The van der Waals surface area contributed by atoms with Crippen molar-refractivity contribution in [2.45, 2.75) is 32.4 Å². The summed E-state index contributed by atoms with van der Waals surface area (Å²) in [7, 11) is 0. The van der Waals surface area contributed by atoms with Crippen molar-refractivity contribution in [3.05, 3.63) is 60.4 Å². The van der Waals surface area contributed by atoms with Crippen LogP contribution < -0.4 is 15.4 Å². The number of pyridine rings is 1. The van der Waals surface area contributed by atoms with Crippen LogP contribution in [0.4, 0.5) is 0 Å². The highest BCUT2D eigenvalue weighted by Crippen LogP contribution is 2.13. The maximum atomic E-state index is 5.67. The summed E-state index contributed by atoms with van der Waals surface area (Å²) in [5.74, 6) is 1.64. The number of piperidine rings is 1. The van der Waals surface area contributed by atoms with E-state index in [0.717, 1.165) is 37.9 Å². The fraction of sp³-hybridized carbons (Fsp3) is 0.455. The summed E-state index contributed by atoms with van der Waals surface area (Å²) in [6.07, 6.45) is 5.83. The zero-order chi connectivity index (χ0) is 19.4. The third-order valence-electron chi connectivity index (χ3n) is 4.70. The summed E-state index contributed by atoms with van der Waals surface area (Å²) < 4.78 is 5.67. The maximum Gasteiger partial charge on any atom is 0.191 e. The van der Waals surface area contributed by atoms with Gasteiger partial charge in [0.05, 0.1) is 12.7 Å². The van der Waals surface area contributed by atoms with Crippen LogP contribution in [0.25, 0.3) is 0 Å². The van der Waals surface area contributed by atoms with Crippen molar-refractivity contribution in [2.24, 2.45) is 4.99 Å². The first-order valence-electron chi connectivity index (χ1n) is 10.2. The topological polar surface area (TPSA) is 61.8 Å². The predicted octanol–water partition coefficient (Wildman–Crippen LogP) is 3.30. The fourth-order valence-corrected chi connectivity index (χ4v) is 3.43. The minimum Gasteiger partial charge on any atom is -0.490 e. The van der Waals surface area contributed by atoms with Gasteiger partial charge in [-0.3, -0.25) is 9.88 Å². The summed E-state index contributed by atoms with van der Waals surface area (Å²) >= 11 is 0. The smallest absolute Gasteiger partial charge is 0.191 e. The van der Waals surface area contributed by atoms with Crippen LogP contribution in [0.15, 0.2) is 59.9 Å². The Balaban J connectivity index is 0.00000300. The Hall–Kier alpha value is -1.87. The number of nitrogens with one attached hydrogen (secondary N) is 2. The van der Waals surface area contributed by atoms with Crippen molar-refractivity contribution in [3.63, 3.8) is 0 Å². The largest absolute Gasteiger partial charge is 0.490 e. The summed E-state index contributed by atoms with van der Waals surface area (Å²) in [6, 6.07) is 14.9. The maximum absolute atomic E-state index is 5.67. The molecule has 1 unspecified atom stereocenters. The van der Waals surface area contributed by atoms with Gasteiger partial charge in [-0.15, -0.1) is 24.0 Å². The number of aliphatic imine (C=N–C) groups is 1. The first-order valence-corrected chi connectivity index (χ1v) is 10.2. The molecule has 1 saturated heterocycles. The second-order valence-electron chi connectivity index (χ2n) is 7.00. The average molecular weight is 509 g/mol. The molecule has 1 fully saturated rings. The quantitative estimate of drug-likeness (QED) is 0.248. The summed E-state index contributed by atoms with van der Waals surface area (Å²) in [6.45, 7) is 7.26. The van der Waals surface area contributed by atoms with Crippen LogP contribution in [0.1, 0.15) is 25.3 Å².